The SMILES string of the molecule is Cc1cc(C(N)=O)ccc1-c1cccc(OCCNCC2CCC(C)(C)CC2)c1. The number of benzene rings is 2. The van der Waals surface area contributed by atoms with Crippen LogP contribution in [0.3, 0.4) is 0 Å². The molecule has 1 fully saturated rings. The number of primary amides is 1. The molecule has 2 aromatic rings. The third kappa shape index (κ3) is 6.07. The minimum absolute atomic E-state index is 0.402. The summed E-state index contributed by atoms with van der Waals surface area (Å²) in [5, 5.41) is 3.56. The molecule has 2 aromatic carbocycles. The monoisotopic (exact) mass is 394 g/mol. The van der Waals surface area contributed by atoms with Crippen molar-refractivity contribution >= 4 is 5.91 Å². The number of carbonyl (C=O) groups is 1. The Morgan fingerprint density at radius 2 is 1.93 bits per heavy atom. The molecular weight excluding hydrogens is 360 g/mol. The van der Waals surface area contributed by atoms with Crippen LogP contribution in [0.15, 0.2) is 42.5 Å². The molecule has 0 heterocycles. The van der Waals surface area contributed by atoms with Gasteiger partial charge in [0.25, 0.3) is 0 Å². The van der Waals surface area contributed by atoms with Gasteiger partial charge >= 0.3 is 0 Å². The average molecular weight is 395 g/mol. The first kappa shape index (κ1) is 21.4. The smallest absolute Gasteiger partial charge is 0.248 e. The zero-order chi connectivity index (χ0) is 20.9. The summed E-state index contributed by atoms with van der Waals surface area (Å²) in [6.07, 6.45) is 5.33. The molecule has 0 radical (unpaired) electrons. The highest BCUT2D eigenvalue weighted by molar-refractivity contribution is 5.93. The lowest BCUT2D eigenvalue weighted by Crippen LogP contribution is -2.31. The lowest BCUT2D eigenvalue weighted by molar-refractivity contribution is 0.1000. The van der Waals surface area contributed by atoms with E-state index in [1.165, 1.54) is 25.7 Å². The number of carbonyl (C=O) groups excluding carboxylic acids is 1. The van der Waals surface area contributed by atoms with Crippen molar-refractivity contribution in [3.8, 4) is 16.9 Å². The second kappa shape index (κ2) is 9.45. The highest BCUT2D eigenvalue weighted by Crippen LogP contribution is 2.37. The number of hydrogen-bond acceptors (Lipinski definition) is 3. The molecule has 4 heteroatoms. The van der Waals surface area contributed by atoms with Gasteiger partial charge in [0.2, 0.25) is 5.91 Å². The van der Waals surface area contributed by atoms with Gasteiger partial charge in [0.05, 0.1) is 0 Å². The summed E-state index contributed by atoms with van der Waals surface area (Å²) in [5.74, 6) is 1.26. The van der Waals surface area contributed by atoms with Gasteiger partial charge in [-0.05, 0) is 91.4 Å². The molecule has 0 bridgehead atoms. The van der Waals surface area contributed by atoms with E-state index in [0.717, 1.165) is 41.4 Å². The first-order chi connectivity index (χ1) is 13.8. The quantitative estimate of drug-likeness (QED) is 0.623. The van der Waals surface area contributed by atoms with E-state index in [2.05, 4.69) is 31.3 Å². The fraction of sp³-hybridized carbons (Fsp3) is 0.480. The third-order valence-corrected chi connectivity index (χ3v) is 6.10. The maximum absolute atomic E-state index is 11.4. The molecule has 156 valence electrons. The Morgan fingerprint density at radius 3 is 2.62 bits per heavy atom. The highest BCUT2D eigenvalue weighted by atomic mass is 16.5. The number of aryl methyl sites for hydroxylation is 1. The topological polar surface area (TPSA) is 64.4 Å². The number of rotatable bonds is 8. The number of hydrogen-bond donors (Lipinski definition) is 2. The Labute approximate surface area is 174 Å². The van der Waals surface area contributed by atoms with E-state index in [0.29, 0.717) is 17.6 Å². The van der Waals surface area contributed by atoms with Gasteiger partial charge in [0.1, 0.15) is 12.4 Å². The Balaban J connectivity index is 1.47. The van der Waals surface area contributed by atoms with Crippen molar-refractivity contribution in [2.45, 2.75) is 46.5 Å². The summed E-state index contributed by atoms with van der Waals surface area (Å²) in [6, 6.07) is 13.7. The number of ether oxygens (including phenoxy) is 1. The normalized spacial score (nSPS) is 16.5. The summed E-state index contributed by atoms with van der Waals surface area (Å²) >= 11 is 0. The van der Waals surface area contributed by atoms with Gasteiger partial charge in [-0.1, -0.05) is 32.0 Å². The van der Waals surface area contributed by atoms with E-state index in [4.69, 9.17) is 10.5 Å². The van der Waals surface area contributed by atoms with E-state index >= 15 is 0 Å². The van der Waals surface area contributed by atoms with Gasteiger partial charge in [-0.3, -0.25) is 4.79 Å². The van der Waals surface area contributed by atoms with Crippen LogP contribution in [0.2, 0.25) is 0 Å². The molecule has 1 amide bonds. The molecule has 4 nitrogen and oxygen atoms in total. The molecule has 29 heavy (non-hydrogen) atoms. The van der Waals surface area contributed by atoms with E-state index in [9.17, 15) is 4.79 Å². The minimum atomic E-state index is -0.402. The van der Waals surface area contributed by atoms with Gasteiger partial charge in [-0.15, -0.1) is 0 Å². The van der Waals surface area contributed by atoms with Crippen molar-refractivity contribution in [1.29, 1.82) is 0 Å². The van der Waals surface area contributed by atoms with Crippen molar-refractivity contribution in [2.75, 3.05) is 19.7 Å². The van der Waals surface area contributed by atoms with E-state index in [-0.39, 0.29) is 0 Å². The molecular formula is C25H34N2O2. The fourth-order valence-corrected chi connectivity index (χ4v) is 4.10. The number of nitrogens with two attached hydrogens (primary N) is 1. The summed E-state index contributed by atoms with van der Waals surface area (Å²) < 4.78 is 5.96. The van der Waals surface area contributed by atoms with Crippen LogP contribution in [-0.2, 0) is 0 Å². The van der Waals surface area contributed by atoms with Crippen molar-refractivity contribution in [3.63, 3.8) is 0 Å². The fourth-order valence-electron chi connectivity index (χ4n) is 4.10. The minimum Gasteiger partial charge on any atom is -0.492 e. The Kier molecular flexibility index (Phi) is 6.96. The van der Waals surface area contributed by atoms with Gasteiger partial charge in [0, 0.05) is 12.1 Å². The Hall–Kier alpha value is -2.33. The van der Waals surface area contributed by atoms with Crippen LogP contribution in [0.4, 0.5) is 0 Å². The largest absolute Gasteiger partial charge is 0.492 e. The van der Waals surface area contributed by atoms with Gasteiger partial charge in [-0.25, -0.2) is 0 Å². The second-order valence-electron chi connectivity index (χ2n) is 9.08. The summed E-state index contributed by atoms with van der Waals surface area (Å²) in [5.41, 5.74) is 9.62. The molecule has 1 aliphatic rings. The maximum Gasteiger partial charge on any atom is 0.248 e. The number of nitrogens with one attached hydrogen (secondary N) is 1. The molecule has 3 rings (SSSR count). The summed E-state index contributed by atoms with van der Waals surface area (Å²) in [4.78, 5) is 11.4. The molecule has 1 aliphatic carbocycles. The molecule has 0 unspecified atom stereocenters. The van der Waals surface area contributed by atoms with Crippen LogP contribution in [0.5, 0.6) is 5.75 Å². The predicted octanol–water partition coefficient (Wildman–Crippen LogP) is 4.95. The second-order valence-corrected chi connectivity index (χ2v) is 9.08. The zero-order valence-corrected chi connectivity index (χ0v) is 18.0. The lowest BCUT2D eigenvalue weighted by atomic mass is 9.73. The van der Waals surface area contributed by atoms with E-state index in [1.54, 1.807) is 6.07 Å². The van der Waals surface area contributed by atoms with E-state index in [1.807, 2.05) is 31.2 Å². The molecule has 1 saturated carbocycles. The molecule has 0 aliphatic heterocycles. The lowest BCUT2D eigenvalue weighted by Gasteiger charge is -2.34. The molecule has 0 aromatic heterocycles. The molecule has 0 atom stereocenters. The van der Waals surface area contributed by atoms with Crippen LogP contribution in [-0.4, -0.2) is 25.6 Å². The Morgan fingerprint density at radius 1 is 1.17 bits per heavy atom. The zero-order valence-electron chi connectivity index (χ0n) is 18.0. The van der Waals surface area contributed by atoms with Gasteiger partial charge in [0.15, 0.2) is 0 Å². The molecule has 0 spiro atoms. The first-order valence-electron chi connectivity index (χ1n) is 10.7. The van der Waals surface area contributed by atoms with E-state index < -0.39 is 5.91 Å². The van der Waals surface area contributed by atoms with Crippen LogP contribution >= 0.6 is 0 Å². The third-order valence-electron chi connectivity index (χ3n) is 6.10. The van der Waals surface area contributed by atoms with Crippen molar-refractivity contribution in [2.24, 2.45) is 17.1 Å². The van der Waals surface area contributed by atoms with Crippen molar-refractivity contribution < 1.29 is 9.53 Å². The van der Waals surface area contributed by atoms with Crippen LogP contribution in [0, 0.1) is 18.3 Å². The first-order valence-corrected chi connectivity index (χ1v) is 10.7. The summed E-state index contributed by atoms with van der Waals surface area (Å²) in [7, 11) is 0. The van der Waals surface area contributed by atoms with Gasteiger partial charge in [-0.2, -0.15) is 0 Å². The predicted molar refractivity (Wildman–Crippen MR) is 119 cm³/mol. The van der Waals surface area contributed by atoms with Crippen LogP contribution in [0.25, 0.3) is 11.1 Å². The standard InChI is InChI=1S/C25H34N2O2/c1-18-15-21(24(26)28)7-8-23(18)20-5-4-6-22(16-20)29-14-13-27-17-19-9-11-25(2,3)12-10-19/h4-8,15-16,19,27H,9-14,17H2,1-3H3,(H2,26,28). The summed E-state index contributed by atoms with van der Waals surface area (Å²) in [6.45, 7) is 9.35. The average Bonchev–Trinajstić information content (AvgIpc) is 2.69. The van der Waals surface area contributed by atoms with Gasteiger partial charge < -0.3 is 15.8 Å². The Bertz CT molecular complexity index is 834. The highest BCUT2D eigenvalue weighted by Gasteiger charge is 2.26. The number of amides is 1. The maximum atomic E-state index is 11.4. The van der Waals surface area contributed by atoms with Crippen molar-refractivity contribution in [1.82, 2.24) is 5.32 Å². The molecule has 3 N–H and O–H groups in total. The van der Waals surface area contributed by atoms with Crippen molar-refractivity contribution in [3.05, 3.63) is 53.6 Å². The molecule has 0 saturated heterocycles. The van der Waals surface area contributed by atoms with Crippen LogP contribution in [0.1, 0.15) is 55.5 Å². The van der Waals surface area contributed by atoms with Crippen LogP contribution < -0.4 is 15.8 Å².